The van der Waals surface area contributed by atoms with Crippen LogP contribution in [0.4, 0.5) is 0 Å². The summed E-state index contributed by atoms with van der Waals surface area (Å²) < 4.78 is 5.32. The Morgan fingerprint density at radius 3 is 2.81 bits per heavy atom. The number of amides is 1. The molecule has 4 rings (SSSR count). The second-order valence-electron chi connectivity index (χ2n) is 6.21. The molecule has 0 radical (unpaired) electrons. The molecule has 0 N–H and O–H groups in total. The highest BCUT2D eigenvalue weighted by Crippen LogP contribution is 2.24. The van der Waals surface area contributed by atoms with Crippen molar-refractivity contribution in [1.82, 2.24) is 30.0 Å². The molecule has 0 aromatic carbocycles. The van der Waals surface area contributed by atoms with E-state index in [1.54, 1.807) is 24.8 Å². The van der Waals surface area contributed by atoms with Gasteiger partial charge in [0.1, 0.15) is 6.33 Å². The van der Waals surface area contributed by atoms with Crippen LogP contribution in [0.5, 0.6) is 0 Å². The lowest BCUT2D eigenvalue weighted by Crippen LogP contribution is -2.36. The van der Waals surface area contributed by atoms with Crippen molar-refractivity contribution < 1.29 is 9.32 Å². The van der Waals surface area contributed by atoms with Gasteiger partial charge in [-0.15, -0.1) is 0 Å². The molecule has 0 spiro atoms. The third-order valence-electron chi connectivity index (χ3n) is 4.54. The molecule has 8 nitrogen and oxygen atoms in total. The van der Waals surface area contributed by atoms with Crippen LogP contribution in [0.25, 0.3) is 11.5 Å². The van der Waals surface area contributed by atoms with Crippen LogP contribution in [0.1, 0.15) is 35.4 Å². The van der Waals surface area contributed by atoms with Gasteiger partial charge in [-0.25, -0.2) is 9.97 Å². The molecule has 3 aromatic rings. The van der Waals surface area contributed by atoms with E-state index >= 15 is 0 Å². The maximum Gasteiger partial charge on any atom is 0.258 e. The fourth-order valence-corrected chi connectivity index (χ4v) is 3.24. The lowest BCUT2D eigenvalue weighted by molar-refractivity contribution is 0.0729. The van der Waals surface area contributed by atoms with Crippen molar-refractivity contribution in [2.45, 2.75) is 31.7 Å². The Hall–Kier alpha value is -3.16. The summed E-state index contributed by atoms with van der Waals surface area (Å²) in [5.74, 6) is 1.13. The maximum absolute atomic E-state index is 12.6. The molecular formula is C18H18N6O2. The van der Waals surface area contributed by atoms with Crippen LogP contribution in [0, 0.1) is 0 Å². The molecule has 4 heterocycles. The van der Waals surface area contributed by atoms with Gasteiger partial charge < -0.3 is 9.42 Å². The van der Waals surface area contributed by atoms with Gasteiger partial charge in [0.05, 0.1) is 5.56 Å². The molecule has 1 unspecified atom stereocenters. The van der Waals surface area contributed by atoms with Crippen molar-refractivity contribution in [3.8, 4) is 11.5 Å². The number of pyridine rings is 1. The predicted octanol–water partition coefficient (Wildman–Crippen LogP) is 2.16. The minimum Gasteiger partial charge on any atom is -0.336 e. The van der Waals surface area contributed by atoms with Gasteiger partial charge in [-0.1, -0.05) is 5.16 Å². The van der Waals surface area contributed by atoms with Gasteiger partial charge in [-0.3, -0.25) is 9.78 Å². The average Bonchev–Trinajstić information content (AvgIpc) is 3.36. The number of rotatable bonds is 5. The number of carbonyl (C=O) groups excluding carboxylic acids is 1. The van der Waals surface area contributed by atoms with Crippen molar-refractivity contribution in [2.24, 2.45) is 0 Å². The van der Waals surface area contributed by atoms with Crippen LogP contribution in [0.3, 0.4) is 0 Å². The molecule has 1 aliphatic rings. The van der Waals surface area contributed by atoms with Gasteiger partial charge >= 0.3 is 0 Å². The van der Waals surface area contributed by atoms with Crippen molar-refractivity contribution in [3.05, 3.63) is 54.6 Å². The van der Waals surface area contributed by atoms with Crippen LogP contribution in [-0.4, -0.2) is 48.5 Å². The molecule has 1 fully saturated rings. The smallest absolute Gasteiger partial charge is 0.258 e. The zero-order valence-electron chi connectivity index (χ0n) is 14.2. The zero-order chi connectivity index (χ0) is 17.8. The van der Waals surface area contributed by atoms with Crippen LogP contribution in [0.2, 0.25) is 0 Å². The molecule has 0 aliphatic carbocycles. The monoisotopic (exact) mass is 350 g/mol. The van der Waals surface area contributed by atoms with Gasteiger partial charge in [-0.2, -0.15) is 4.98 Å². The molecule has 132 valence electrons. The first-order valence-corrected chi connectivity index (χ1v) is 8.60. The van der Waals surface area contributed by atoms with Gasteiger partial charge in [0.2, 0.25) is 0 Å². The highest BCUT2D eigenvalue weighted by molar-refractivity contribution is 5.94. The van der Waals surface area contributed by atoms with E-state index in [4.69, 9.17) is 4.52 Å². The Morgan fingerprint density at radius 1 is 1.19 bits per heavy atom. The third-order valence-corrected chi connectivity index (χ3v) is 4.54. The van der Waals surface area contributed by atoms with Gasteiger partial charge in [0.25, 0.3) is 11.8 Å². The van der Waals surface area contributed by atoms with Crippen LogP contribution < -0.4 is 0 Å². The van der Waals surface area contributed by atoms with E-state index in [1.807, 2.05) is 17.0 Å². The second kappa shape index (κ2) is 7.38. The largest absolute Gasteiger partial charge is 0.336 e. The van der Waals surface area contributed by atoms with Crippen molar-refractivity contribution in [3.63, 3.8) is 0 Å². The average molecular weight is 350 g/mol. The summed E-state index contributed by atoms with van der Waals surface area (Å²) in [7, 11) is 0. The topological polar surface area (TPSA) is 97.9 Å². The van der Waals surface area contributed by atoms with E-state index in [0.29, 0.717) is 23.7 Å². The quantitative estimate of drug-likeness (QED) is 0.695. The van der Waals surface area contributed by atoms with E-state index < -0.39 is 0 Å². The highest BCUT2D eigenvalue weighted by Gasteiger charge is 2.29. The number of aryl methyl sites for hydroxylation is 1. The fourth-order valence-electron chi connectivity index (χ4n) is 3.24. The van der Waals surface area contributed by atoms with Gasteiger partial charge in [-0.05, 0) is 31.4 Å². The molecule has 1 aliphatic heterocycles. The first-order valence-electron chi connectivity index (χ1n) is 8.60. The Balaban J connectivity index is 1.40. The summed E-state index contributed by atoms with van der Waals surface area (Å²) in [5, 5.41) is 4.05. The summed E-state index contributed by atoms with van der Waals surface area (Å²) in [6.07, 6.45) is 11.4. The molecular weight excluding hydrogens is 332 g/mol. The molecule has 0 saturated carbocycles. The lowest BCUT2D eigenvalue weighted by Gasteiger charge is -2.24. The van der Waals surface area contributed by atoms with E-state index in [-0.39, 0.29) is 11.9 Å². The Labute approximate surface area is 150 Å². The number of carbonyl (C=O) groups is 1. The molecule has 8 heteroatoms. The number of hydrogen-bond donors (Lipinski definition) is 0. The SMILES string of the molecule is O=C(c1cncnc1)N1CCCC1CCc1noc(-c2ccncc2)n1. The van der Waals surface area contributed by atoms with Crippen molar-refractivity contribution >= 4 is 5.91 Å². The molecule has 3 aromatic heterocycles. The van der Waals surface area contributed by atoms with Gasteiger partial charge in [0.15, 0.2) is 5.82 Å². The number of likely N-dealkylation sites (tertiary alicyclic amines) is 1. The van der Waals surface area contributed by atoms with Gasteiger partial charge in [0, 0.05) is 49.4 Å². The molecule has 1 atom stereocenters. The summed E-state index contributed by atoms with van der Waals surface area (Å²) in [5.41, 5.74) is 1.37. The van der Waals surface area contributed by atoms with Crippen LogP contribution >= 0.6 is 0 Å². The first-order chi connectivity index (χ1) is 12.8. The minimum absolute atomic E-state index is 0.0151. The number of aromatic nitrogens is 5. The highest BCUT2D eigenvalue weighted by atomic mass is 16.5. The Bertz CT molecular complexity index is 868. The van der Waals surface area contributed by atoms with E-state index in [9.17, 15) is 4.79 Å². The second-order valence-corrected chi connectivity index (χ2v) is 6.21. The summed E-state index contributed by atoms with van der Waals surface area (Å²) in [6.45, 7) is 0.757. The summed E-state index contributed by atoms with van der Waals surface area (Å²) >= 11 is 0. The maximum atomic E-state index is 12.6. The summed E-state index contributed by atoms with van der Waals surface area (Å²) in [4.78, 5) is 30.8. The molecule has 26 heavy (non-hydrogen) atoms. The standard InChI is InChI=1S/C18H18N6O2/c25-18(14-10-20-12-21-11-14)24-9-1-2-15(24)3-4-16-22-17(26-23-16)13-5-7-19-8-6-13/h5-8,10-12,15H,1-4,9H2. The van der Waals surface area contributed by atoms with Crippen molar-refractivity contribution in [2.75, 3.05) is 6.54 Å². The zero-order valence-corrected chi connectivity index (χ0v) is 14.2. The summed E-state index contributed by atoms with van der Waals surface area (Å²) in [6, 6.07) is 3.83. The fraction of sp³-hybridized carbons (Fsp3) is 0.333. The van der Waals surface area contributed by atoms with E-state index in [2.05, 4.69) is 25.1 Å². The molecule has 0 bridgehead atoms. The normalized spacial score (nSPS) is 16.8. The molecule has 1 saturated heterocycles. The Kier molecular flexibility index (Phi) is 4.63. The minimum atomic E-state index is -0.0151. The predicted molar refractivity (Wildman–Crippen MR) is 91.9 cm³/mol. The van der Waals surface area contributed by atoms with Crippen molar-refractivity contribution in [1.29, 1.82) is 0 Å². The van der Waals surface area contributed by atoms with Crippen LogP contribution in [0.15, 0.2) is 47.8 Å². The number of hydrogen-bond acceptors (Lipinski definition) is 7. The first kappa shape index (κ1) is 16.3. The van der Waals surface area contributed by atoms with E-state index in [1.165, 1.54) is 6.33 Å². The Morgan fingerprint density at radius 2 is 2.00 bits per heavy atom. The molecule has 1 amide bonds. The van der Waals surface area contributed by atoms with E-state index in [0.717, 1.165) is 31.4 Å². The third kappa shape index (κ3) is 3.44. The van der Waals surface area contributed by atoms with Crippen LogP contribution in [-0.2, 0) is 6.42 Å². The number of nitrogens with zero attached hydrogens (tertiary/aromatic N) is 6. The lowest BCUT2D eigenvalue weighted by atomic mass is 10.1.